The maximum atomic E-state index is 11.6. The minimum atomic E-state index is -0.275. The molecule has 1 saturated carbocycles. The van der Waals surface area contributed by atoms with Gasteiger partial charge in [0.2, 0.25) is 5.56 Å². The molecule has 0 aromatic carbocycles. The van der Waals surface area contributed by atoms with Crippen LogP contribution in [0.5, 0.6) is 0 Å². The lowest BCUT2D eigenvalue weighted by atomic mass is 10.2. The molecule has 17 heavy (non-hydrogen) atoms. The summed E-state index contributed by atoms with van der Waals surface area (Å²) in [5, 5.41) is 2.70. The average molecular weight is 236 g/mol. The van der Waals surface area contributed by atoms with Crippen LogP contribution in [0.25, 0.3) is 0 Å². The number of hydrogen-bond donors (Lipinski definition) is 2. The van der Waals surface area contributed by atoms with Crippen LogP contribution in [0.2, 0.25) is 0 Å². The van der Waals surface area contributed by atoms with Crippen molar-refractivity contribution in [3.8, 4) is 0 Å². The number of pyridine rings is 1. The van der Waals surface area contributed by atoms with E-state index in [0.29, 0.717) is 18.7 Å². The first-order valence-corrected chi connectivity index (χ1v) is 5.80. The molecule has 2 N–H and O–H groups in total. The number of ether oxygens (including phenoxy) is 1. The van der Waals surface area contributed by atoms with Gasteiger partial charge in [-0.2, -0.15) is 0 Å². The van der Waals surface area contributed by atoms with Gasteiger partial charge in [-0.25, -0.2) is 0 Å². The Hall–Kier alpha value is -1.62. The smallest absolute Gasteiger partial charge is 0.251 e. The number of aromatic nitrogens is 1. The Kier molecular flexibility index (Phi) is 3.93. The fourth-order valence-corrected chi connectivity index (χ4v) is 1.46. The number of hydrogen-bond acceptors (Lipinski definition) is 3. The van der Waals surface area contributed by atoms with Crippen molar-refractivity contribution in [2.24, 2.45) is 5.92 Å². The van der Waals surface area contributed by atoms with Gasteiger partial charge < -0.3 is 15.0 Å². The van der Waals surface area contributed by atoms with Crippen molar-refractivity contribution in [3.05, 3.63) is 34.2 Å². The van der Waals surface area contributed by atoms with Crippen LogP contribution >= 0.6 is 0 Å². The molecule has 0 unspecified atom stereocenters. The second-order valence-corrected chi connectivity index (χ2v) is 4.22. The molecule has 1 amide bonds. The maximum Gasteiger partial charge on any atom is 0.251 e. The van der Waals surface area contributed by atoms with Crippen LogP contribution < -0.4 is 10.9 Å². The third-order valence-corrected chi connectivity index (χ3v) is 2.62. The normalized spacial score (nSPS) is 14.6. The molecular weight excluding hydrogens is 220 g/mol. The van der Waals surface area contributed by atoms with Crippen molar-refractivity contribution >= 4 is 5.91 Å². The summed E-state index contributed by atoms with van der Waals surface area (Å²) >= 11 is 0. The van der Waals surface area contributed by atoms with Gasteiger partial charge in [-0.05, 0) is 24.8 Å². The Labute approximate surface area is 99.2 Å². The van der Waals surface area contributed by atoms with Gasteiger partial charge in [0.15, 0.2) is 0 Å². The van der Waals surface area contributed by atoms with E-state index in [9.17, 15) is 9.59 Å². The minimum absolute atomic E-state index is 0.244. The van der Waals surface area contributed by atoms with Crippen LogP contribution in [0, 0.1) is 5.92 Å². The van der Waals surface area contributed by atoms with Crippen molar-refractivity contribution < 1.29 is 9.53 Å². The van der Waals surface area contributed by atoms with Gasteiger partial charge in [0.25, 0.3) is 5.91 Å². The maximum absolute atomic E-state index is 11.6. The molecule has 0 atom stereocenters. The fourth-order valence-electron chi connectivity index (χ4n) is 1.46. The second kappa shape index (κ2) is 5.63. The molecule has 0 saturated heterocycles. The molecule has 2 rings (SSSR count). The number of nitrogens with one attached hydrogen (secondary N) is 2. The number of rotatable bonds is 6. The summed E-state index contributed by atoms with van der Waals surface area (Å²) in [6.45, 7) is 1.78. The van der Waals surface area contributed by atoms with Gasteiger partial charge in [0.1, 0.15) is 0 Å². The number of amides is 1. The highest BCUT2D eigenvalue weighted by Gasteiger charge is 2.20. The number of H-pyrrole nitrogens is 1. The Morgan fingerprint density at radius 3 is 3.06 bits per heavy atom. The summed E-state index contributed by atoms with van der Waals surface area (Å²) in [5.41, 5.74) is 0.0959. The Bertz CT molecular complexity index is 437. The highest BCUT2D eigenvalue weighted by molar-refractivity contribution is 5.93. The van der Waals surface area contributed by atoms with Gasteiger partial charge in [0.05, 0.1) is 6.61 Å². The summed E-state index contributed by atoms with van der Waals surface area (Å²) < 4.78 is 5.38. The Morgan fingerprint density at radius 1 is 1.53 bits per heavy atom. The molecule has 1 aliphatic carbocycles. The molecule has 1 fully saturated rings. The van der Waals surface area contributed by atoms with E-state index in [4.69, 9.17) is 4.74 Å². The van der Waals surface area contributed by atoms with E-state index >= 15 is 0 Å². The molecular formula is C12H16N2O3. The summed E-state index contributed by atoms with van der Waals surface area (Å²) in [7, 11) is 0. The van der Waals surface area contributed by atoms with E-state index in [1.165, 1.54) is 25.1 Å². The Balaban J connectivity index is 1.67. The van der Waals surface area contributed by atoms with Gasteiger partial charge in [-0.15, -0.1) is 0 Å². The Morgan fingerprint density at radius 2 is 2.35 bits per heavy atom. The third kappa shape index (κ3) is 4.03. The quantitative estimate of drug-likeness (QED) is 0.708. The van der Waals surface area contributed by atoms with E-state index in [0.717, 1.165) is 12.5 Å². The highest BCUT2D eigenvalue weighted by Crippen LogP contribution is 2.28. The van der Waals surface area contributed by atoms with Crippen LogP contribution in [0.15, 0.2) is 23.1 Å². The summed E-state index contributed by atoms with van der Waals surface area (Å²) in [6.07, 6.45) is 3.99. The van der Waals surface area contributed by atoms with E-state index in [1.54, 1.807) is 6.07 Å². The predicted molar refractivity (Wildman–Crippen MR) is 62.9 cm³/mol. The predicted octanol–water partition coefficient (Wildman–Crippen LogP) is 0.531. The van der Waals surface area contributed by atoms with Crippen molar-refractivity contribution in [3.63, 3.8) is 0 Å². The molecule has 1 heterocycles. The molecule has 0 spiro atoms. The zero-order valence-corrected chi connectivity index (χ0v) is 9.57. The molecule has 1 aromatic rings. The first-order valence-electron chi connectivity index (χ1n) is 5.80. The largest absolute Gasteiger partial charge is 0.379 e. The lowest BCUT2D eigenvalue weighted by Gasteiger charge is -2.05. The first-order chi connectivity index (χ1) is 8.25. The van der Waals surface area contributed by atoms with Crippen molar-refractivity contribution in [1.82, 2.24) is 10.3 Å². The third-order valence-electron chi connectivity index (χ3n) is 2.62. The standard InChI is InChI=1S/C12H16N2O3/c15-11-7-10(3-4-13-11)12(16)14-5-6-17-8-9-1-2-9/h3-4,7,9H,1-2,5-6,8H2,(H,13,15)(H,14,16). The molecule has 0 bridgehead atoms. The number of aromatic amines is 1. The fraction of sp³-hybridized carbons (Fsp3) is 0.500. The molecule has 0 aliphatic heterocycles. The van der Waals surface area contributed by atoms with E-state index < -0.39 is 0 Å². The van der Waals surface area contributed by atoms with Crippen LogP contribution in [-0.4, -0.2) is 30.6 Å². The van der Waals surface area contributed by atoms with E-state index in [-0.39, 0.29) is 11.5 Å². The van der Waals surface area contributed by atoms with Crippen LogP contribution in [0.1, 0.15) is 23.2 Å². The van der Waals surface area contributed by atoms with Crippen LogP contribution in [-0.2, 0) is 4.74 Å². The zero-order valence-electron chi connectivity index (χ0n) is 9.57. The van der Waals surface area contributed by atoms with Crippen molar-refractivity contribution in [2.45, 2.75) is 12.8 Å². The van der Waals surface area contributed by atoms with E-state index in [1.807, 2.05) is 0 Å². The second-order valence-electron chi connectivity index (χ2n) is 4.22. The summed E-state index contributed by atoms with van der Waals surface area (Å²) in [5.74, 6) is 0.490. The van der Waals surface area contributed by atoms with Gasteiger partial charge in [-0.3, -0.25) is 9.59 Å². The van der Waals surface area contributed by atoms with Gasteiger partial charge >= 0.3 is 0 Å². The van der Waals surface area contributed by atoms with Crippen LogP contribution in [0.4, 0.5) is 0 Å². The van der Waals surface area contributed by atoms with E-state index in [2.05, 4.69) is 10.3 Å². The van der Waals surface area contributed by atoms with Crippen molar-refractivity contribution in [1.29, 1.82) is 0 Å². The van der Waals surface area contributed by atoms with Gasteiger partial charge in [-0.1, -0.05) is 0 Å². The lowest BCUT2D eigenvalue weighted by Crippen LogP contribution is -2.28. The molecule has 5 nitrogen and oxygen atoms in total. The number of carbonyl (C=O) groups is 1. The molecule has 1 aromatic heterocycles. The first kappa shape index (κ1) is 11.9. The average Bonchev–Trinajstić information content (AvgIpc) is 3.12. The molecule has 5 heteroatoms. The summed E-state index contributed by atoms with van der Waals surface area (Å²) in [6, 6.07) is 2.85. The van der Waals surface area contributed by atoms with Crippen LogP contribution in [0.3, 0.4) is 0 Å². The number of carbonyl (C=O) groups excluding carboxylic acids is 1. The zero-order chi connectivity index (χ0) is 12.1. The highest BCUT2D eigenvalue weighted by atomic mass is 16.5. The summed E-state index contributed by atoms with van der Waals surface area (Å²) in [4.78, 5) is 25.0. The SMILES string of the molecule is O=C(NCCOCC1CC1)c1cc[nH]c(=O)c1. The lowest BCUT2D eigenvalue weighted by molar-refractivity contribution is 0.0906. The minimum Gasteiger partial charge on any atom is -0.379 e. The van der Waals surface area contributed by atoms with Crippen molar-refractivity contribution in [2.75, 3.05) is 19.8 Å². The molecule has 1 aliphatic rings. The monoisotopic (exact) mass is 236 g/mol. The topological polar surface area (TPSA) is 71.2 Å². The van der Waals surface area contributed by atoms with Gasteiger partial charge in [0, 0.05) is 31.0 Å². The molecule has 92 valence electrons. The molecule has 0 radical (unpaired) electrons.